The molecule has 2 amide bonds. The van der Waals surface area contributed by atoms with Crippen molar-refractivity contribution in [1.29, 1.82) is 0 Å². The molecule has 2 aromatic carbocycles. The molecule has 0 aliphatic rings. The maximum Gasteiger partial charge on any atom is 0.235 e. The summed E-state index contributed by atoms with van der Waals surface area (Å²) in [5.41, 5.74) is 0.752. The van der Waals surface area contributed by atoms with Gasteiger partial charge < -0.3 is 10.6 Å². The third-order valence-electron chi connectivity index (χ3n) is 4.34. The fourth-order valence-corrected chi connectivity index (χ4v) is 2.74. The second-order valence-electron chi connectivity index (χ2n) is 6.89. The van der Waals surface area contributed by atoms with Gasteiger partial charge in [-0.2, -0.15) is 0 Å². The van der Waals surface area contributed by atoms with Crippen LogP contribution >= 0.6 is 11.6 Å². The van der Waals surface area contributed by atoms with Crippen LogP contribution in [-0.2, 0) is 22.4 Å². The third kappa shape index (κ3) is 6.36. The molecule has 0 fully saturated rings. The van der Waals surface area contributed by atoms with Gasteiger partial charge in [0, 0.05) is 18.1 Å². The number of nitrogens with one attached hydrogen (secondary N) is 2. The van der Waals surface area contributed by atoms with E-state index in [1.165, 1.54) is 12.1 Å². The largest absolute Gasteiger partial charge is 0.355 e. The van der Waals surface area contributed by atoms with Gasteiger partial charge in [-0.15, -0.1) is 0 Å². The Hall–Kier alpha value is -2.40. The molecule has 2 aromatic rings. The monoisotopic (exact) mass is 390 g/mol. The first-order valence-corrected chi connectivity index (χ1v) is 9.22. The molecule has 2 N–H and O–H groups in total. The summed E-state index contributed by atoms with van der Waals surface area (Å²) in [5.74, 6) is -0.966. The summed E-state index contributed by atoms with van der Waals surface area (Å²) in [5, 5.41) is 6.23. The van der Waals surface area contributed by atoms with Crippen molar-refractivity contribution in [3.8, 4) is 0 Å². The number of rotatable bonds is 8. The lowest BCUT2D eigenvalue weighted by Gasteiger charge is -2.22. The SMILES string of the molecule is CC(C)(C(=O)NCCc1ccc(F)cc1)C(=O)NCCc1cccc(Cl)c1. The second kappa shape index (κ2) is 9.51. The topological polar surface area (TPSA) is 58.2 Å². The van der Waals surface area contributed by atoms with E-state index >= 15 is 0 Å². The number of benzene rings is 2. The van der Waals surface area contributed by atoms with E-state index in [0.29, 0.717) is 31.0 Å². The highest BCUT2D eigenvalue weighted by atomic mass is 35.5. The van der Waals surface area contributed by atoms with Gasteiger partial charge >= 0.3 is 0 Å². The average molecular weight is 391 g/mol. The first-order valence-electron chi connectivity index (χ1n) is 8.84. The average Bonchev–Trinajstić information content (AvgIpc) is 2.63. The van der Waals surface area contributed by atoms with E-state index in [-0.39, 0.29) is 17.6 Å². The lowest BCUT2D eigenvalue weighted by molar-refractivity contribution is -0.141. The van der Waals surface area contributed by atoms with Crippen LogP contribution in [0.25, 0.3) is 0 Å². The molecule has 4 nitrogen and oxygen atoms in total. The maximum atomic E-state index is 12.9. The van der Waals surface area contributed by atoms with Gasteiger partial charge in [-0.05, 0) is 62.1 Å². The van der Waals surface area contributed by atoms with Crippen molar-refractivity contribution in [2.24, 2.45) is 5.41 Å². The first kappa shape index (κ1) is 20.9. The van der Waals surface area contributed by atoms with E-state index in [9.17, 15) is 14.0 Å². The summed E-state index contributed by atoms with van der Waals surface area (Å²) in [4.78, 5) is 24.8. The molecule has 0 aliphatic carbocycles. The molecule has 0 spiro atoms. The van der Waals surface area contributed by atoms with Gasteiger partial charge in [0.05, 0.1) is 0 Å². The number of carbonyl (C=O) groups is 2. The molecule has 27 heavy (non-hydrogen) atoms. The molecule has 0 saturated heterocycles. The standard InChI is InChI=1S/C21H24ClFN2O2/c1-21(2,19(26)24-12-10-15-6-8-18(23)9-7-15)20(27)25-13-11-16-4-3-5-17(22)14-16/h3-9,14H,10-13H2,1-2H3,(H,24,26)(H,25,27). The Morgan fingerprint density at radius 1 is 0.926 bits per heavy atom. The van der Waals surface area contributed by atoms with Crippen LogP contribution in [0.15, 0.2) is 48.5 Å². The molecule has 0 aromatic heterocycles. The van der Waals surface area contributed by atoms with Crippen LogP contribution in [0.2, 0.25) is 5.02 Å². The van der Waals surface area contributed by atoms with E-state index in [1.807, 2.05) is 18.2 Å². The Morgan fingerprint density at radius 3 is 2.04 bits per heavy atom. The Morgan fingerprint density at radius 2 is 1.48 bits per heavy atom. The van der Waals surface area contributed by atoms with Crippen LogP contribution in [-0.4, -0.2) is 24.9 Å². The van der Waals surface area contributed by atoms with Crippen molar-refractivity contribution in [2.45, 2.75) is 26.7 Å². The minimum atomic E-state index is -1.18. The van der Waals surface area contributed by atoms with Gasteiger partial charge in [0.15, 0.2) is 0 Å². The lowest BCUT2D eigenvalue weighted by Crippen LogP contribution is -2.48. The van der Waals surface area contributed by atoms with Crippen molar-refractivity contribution in [2.75, 3.05) is 13.1 Å². The van der Waals surface area contributed by atoms with Crippen molar-refractivity contribution in [1.82, 2.24) is 10.6 Å². The van der Waals surface area contributed by atoms with Gasteiger partial charge in [0.25, 0.3) is 0 Å². The number of halogens is 2. The zero-order valence-electron chi connectivity index (χ0n) is 15.5. The van der Waals surface area contributed by atoms with E-state index in [2.05, 4.69) is 10.6 Å². The summed E-state index contributed by atoms with van der Waals surface area (Å²) >= 11 is 5.94. The fraction of sp³-hybridized carbons (Fsp3) is 0.333. The predicted molar refractivity (Wildman–Crippen MR) is 105 cm³/mol. The molecule has 2 rings (SSSR count). The minimum absolute atomic E-state index is 0.293. The maximum absolute atomic E-state index is 12.9. The Bertz CT molecular complexity index is 791. The molecular weight excluding hydrogens is 367 g/mol. The van der Waals surface area contributed by atoms with E-state index in [1.54, 1.807) is 32.0 Å². The quantitative estimate of drug-likeness (QED) is 0.677. The zero-order valence-corrected chi connectivity index (χ0v) is 16.3. The third-order valence-corrected chi connectivity index (χ3v) is 4.57. The van der Waals surface area contributed by atoms with Gasteiger partial charge in [-0.25, -0.2) is 4.39 Å². The lowest BCUT2D eigenvalue weighted by atomic mass is 9.91. The predicted octanol–water partition coefficient (Wildman–Crippen LogP) is 3.52. The van der Waals surface area contributed by atoms with Crippen LogP contribution in [0.3, 0.4) is 0 Å². The Kier molecular flexibility index (Phi) is 7.36. The van der Waals surface area contributed by atoms with E-state index in [0.717, 1.165) is 11.1 Å². The van der Waals surface area contributed by atoms with E-state index < -0.39 is 5.41 Å². The van der Waals surface area contributed by atoms with Gasteiger partial charge in [-0.1, -0.05) is 35.9 Å². The molecule has 0 radical (unpaired) electrons. The highest BCUT2D eigenvalue weighted by Gasteiger charge is 2.35. The van der Waals surface area contributed by atoms with Crippen molar-refractivity contribution in [3.05, 3.63) is 70.5 Å². The molecule has 0 unspecified atom stereocenters. The highest BCUT2D eigenvalue weighted by molar-refractivity contribution is 6.30. The van der Waals surface area contributed by atoms with E-state index in [4.69, 9.17) is 11.6 Å². The van der Waals surface area contributed by atoms with Crippen LogP contribution in [0.4, 0.5) is 4.39 Å². The van der Waals surface area contributed by atoms with Crippen molar-refractivity contribution < 1.29 is 14.0 Å². The molecule has 144 valence electrons. The number of hydrogen-bond acceptors (Lipinski definition) is 2. The van der Waals surface area contributed by atoms with Crippen molar-refractivity contribution in [3.63, 3.8) is 0 Å². The normalized spacial score (nSPS) is 11.1. The summed E-state index contributed by atoms with van der Waals surface area (Å²) < 4.78 is 12.9. The smallest absolute Gasteiger partial charge is 0.235 e. The molecule has 6 heteroatoms. The summed E-state index contributed by atoms with van der Waals surface area (Å²) in [6.45, 7) is 3.99. The fourth-order valence-electron chi connectivity index (χ4n) is 2.53. The van der Waals surface area contributed by atoms with Crippen LogP contribution in [0, 0.1) is 11.2 Å². The van der Waals surface area contributed by atoms with Crippen LogP contribution in [0.5, 0.6) is 0 Å². The zero-order chi connectivity index (χ0) is 19.9. The Balaban J connectivity index is 1.77. The molecule has 0 heterocycles. The Labute approximate surface area is 164 Å². The van der Waals surface area contributed by atoms with Crippen LogP contribution in [0.1, 0.15) is 25.0 Å². The number of carbonyl (C=O) groups excluding carboxylic acids is 2. The second-order valence-corrected chi connectivity index (χ2v) is 7.33. The van der Waals surface area contributed by atoms with Crippen molar-refractivity contribution >= 4 is 23.4 Å². The number of hydrogen-bond donors (Lipinski definition) is 2. The number of amides is 2. The summed E-state index contributed by atoms with van der Waals surface area (Å²) in [6.07, 6.45) is 1.20. The highest BCUT2D eigenvalue weighted by Crippen LogP contribution is 2.16. The van der Waals surface area contributed by atoms with Gasteiger partial charge in [0.1, 0.15) is 11.2 Å². The summed E-state index contributed by atoms with van der Waals surface area (Å²) in [6, 6.07) is 13.6. The molecule has 0 bridgehead atoms. The summed E-state index contributed by atoms with van der Waals surface area (Å²) in [7, 11) is 0. The van der Waals surface area contributed by atoms with Crippen LogP contribution < -0.4 is 10.6 Å². The molecule has 0 aliphatic heterocycles. The first-order chi connectivity index (χ1) is 12.8. The molecule has 0 atom stereocenters. The molecular formula is C21H24ClFN2O2. The van der Waals surface area contributed by atoms with Gasteiger partial charge in [0.2, 0.25) is 11.8 Å². The molecule has 0 saturated carbocycles. The minimum Gasteiger partial charge on any atom is -0.355 e. The van der Waals surface area contributed by atoms with Gasteiger partial charge in [-0.3, -0.25) is 9.59 Å².